The molecule has 5 heteroatoms. The van der Waals surface area contributed by atoms with Crippen LogP contribution in [0.25, 0.3) is 0 Å². The average Bonchev–Trinajstić information content (AvgIpc) is 2.34. The fourth-order valence-corrected chi connectivity index (χ4v) is 2.61. The van der Waals surface area contributed by atoms with Crippen LogP contribution in [0.2, 0.25) is 0 Å². The molecule has 0 bridgehead atoms. The van der Waals surface area contributed by atoms with Gasteiger partial charge in [-0.2, -0.15) is 0 Å². The fraction of sp³-hybridized carbons (Fsp3) is 0.467. The molecule has 20 heavy (non-hydrogen) atoms. The smallest absolute Gasteiger partial charge is 0.200 e. The van der Waals surface area contributed by atoms with Crippen LogP contribution in [0, 0.1) is 13.0 Å². The third kappa shape index (κ3) is 8.53. The Morgan fingerprint density at radius 1 is 1.10 bits per heavy atom. The van der Waals surface area contributed by atoms with Crippen molar-refractivity contribution in [2.45, 2.75) is 50.8 Å². The molecule has 1 aromatic rings. The van der Waals surface area contributed by atoms with Crippen LogP contribution in [0.1, 0.15) is 44.6 Å². The molecular weight excluding hydrogens is 437 g/mol. The van der Waals surface area contributed by atoms with Gasteiger partial charge >= 0.3 is 0 Å². The van der Waals surface area contributed by atoms with Crippen LogP contribution in [0.5, 0.6) is 0 Å². The van der Waals surface area contributed by atoms with Crippen molar-refractivity contribution in [3.05, 3.63) is 41.3 Å². The zero-order chi connectivity index (χ0) is 13.4. The Morgan fingerprint density at radius 2 is 1.70 bits per heavy atom. The number of benzene rings is 1. The Balaban J connectivity index is 0. The molecule has 2 nitrogen and oxygen atoms in total. The largest absolute Gasteiger partial charge is 1.00 e. The summed E-state index contributed by atoms with van der Waals surface area (Å²) < 4.78 is 23.8. The van der Waals surface area contributed by atoms with Gasteiger partial charge in [0.1, 0.15) is 0 Å². The van der Waals surface area contributed by atoms with Gasteiger partial charge in [0.15, 0.2) is 9.84 Å². The molecule has 0 atom stereocenters. The number of hydrogen-bond acceptors (Lipinski definition) is 2. The van der Waals surface area contributed by atoms with Crippen molar-refractivity contribution in [2.24, 2.45) is 0 Å². The Bertz CT molecular complexity index is 481. The molecule has 0 amide bonds. The van der Waals surface area contributed by atoms with E-state index in [0.29, 0.717) is 11.3 Å². The number of aryl methyl sites for hydroxylation is 1. The minimum absolute atomic E-state index is 0. The first-order chi connectivity index (χ1) is 8.56. The zero-order valence-electron chi connectivity index (χ0n) is 12.2. The van der Waals surface area contributed by atoms with Crippen molar-refractivity contribution in [2.75, 3.05) is 0 Å². The predicted molar refractivity (Wildman–Crippen MR) is 74.9 cm³/mol. The predicted octanol–water partition coefficient (Wildman–Crippen LogP) is 1.06. The minimum atomic E-state index is -3.31. The third-order valence-electron chi connectivity index (χ3n) is 2.76. The second kappa shape index (κ2) is 11.9. The van der Waals surface area contributed by atoms with E-state index in [0.717, 1.165) is 18.4 Å². The summed E-state index contributed by atoms with van der Waals surface area (Å²) >= 11 is 0. The monoisotopic (exact) mass is 456 g/mol. The summed E-state index contributed by atoms with van der Waals surface area (Å²) in [5, 5.41) is 1.21. The number of sulfone groups is 1. The second-order valence-electron chi connectivity index (χ2n) is 4.49. The molecule has 0 aliphatic carbocycles. The van der Waals surface area contributed by atoms with Gasteiger partial charge in [0.2, 0.25) is 0 Å². The summed E-state index contributed by atoms with van der Waals surface area (Å²) in [5.74, 6) is 0. The maximum atomic E-state index is 11.9. The summed E-state index contributed by atoms with van der Waals surface area (Å²) in [6, 6.07) is 6.89. The Labute approximate surface area is 153 Å². The van der Waals surface area contributed by atoms with Gasteiger partial charge in [-0.05, 0) is 38.0 Å². The first-order valence-electron chi connectivity index (χ1n) is 6.44. The van der Waals surface area contributed by atoms with Crippen LogP contribution in [0.3, 0.4) is 0 Å². The first kappa shape index (κ1) is 22.5. The van der Waals surface area contributed by atoms with Crippen LogP contribution in [-0.2, 0) is 29.3 Å². The van der Waals surface area contributed by atoms with Crippen LogP contribution in [-0.4, -0.2) is 8.42 Å². The number of rotatable bonds is 7. The van der Waals surface area contributed by atoms with E-state index in [1.807, 2.05) is 19.1 Å². The molecule has 0 unspecified atom stereocenters. The standard InChI is InChI=1S/C15H21O2S.HI.Zn/c1-3-4-5-6-7-8-13-18(16,17)15-11-9-14(2)10-12-15;;/h9-13H,3-7H2,1-2H3;1H;/p-1. The summed E-state index contributed by atoms with van der Waals surface area (Å²) in [7, 11) is -3.31. The summed E-state index contributed by atoms with van der Waals surface area (Å²) in [5.41, 5.74) is 1.06. The van der Waals surface area contributed by atoms with Crippen molar-refractivity contribution in [3.63, 3.8) is 0 Å². The second-order valence-corrected chi connectivity index (χ2v) is 6.29. The molecular formula is C15H21IO2SZn-. The van der Waals surface area contributed by atoms with Crippen LogP contribution in [0.15, 0.2) is 34.6 Å². The van der Waals surface area contributed by atoms with Crippen LogP contribution in [0.4, 0.5) is 0 Å². The summed E-state index contributed by atoms with van der Waals surface area (Å²) in [6.07, 6.45) is 8.13. The quantitative estimate of drug-likeness (QED) is 0.349. The first-order valence-corrected chi connectivity index (χ1v) is 7.99. The SMILES string of the molecule is CCCCCC[C]=CS(=O)(=O)c1ccc(C)cc1.[I-].[Zn]. The maximum Gasteiger partial charge on any atom is 0.200 e. The minimum Gasteiger partial charge on any atom is -1.00 e. The number of hydrogen-bond donors (Lipinski definition) is 0. The molecule has 0 saturated heterocycles. The van der Waals surface area contributed by atoms with Gasteiger partial charge < -0.3 is 24.0 Å². The van der Waals surface area contributed by atoms with E-state index < -0.39 is 9.84 Å². The van der Waals surface area contributed by atoms with Crippen molar-refractivity contribution in [1.82, 2.24) is 0 Å². The molecule has 1 rings (SSSR count). The number of unbranched alkanes of at least 4 members (excludes halogenated alkanes) is 4. The maximum absolute atomic E-state index is 11.9. The van der Waals surface area contributed by atoms with Crippen molar-refractivity contribution < 1.29 is 51.9 Å². The van der Waals surface area contributed by atoms with E-state index in [9.17, 15) is 8.42 Å². The average molecular weight is 458 g/mol. The summed E-state index contributed by atoms with van der Waals surface area (Å²) in [6.45, 7) is 4.09. The molecule has 0 aliphatic heterocycles. The zero-order valence-corrected chi connectivity index (χ0v) is 18.2. The topological polar surface area (TPSA) is 34.1 Å². The molecule has 0 N–H and O–H groups in total. The van der Waals surface area contributed by atoms with E-state index in [-0.39, 0.29) is 43.5 Å². The molecule has 0 aromatic heterocycles. The van der Waals surface area contributed by atoms with E-state index >= 15 is 0 Å². The normalized spacial score (nSPS) is 10.9. The fourth-order valence-electron chi connectivity index (χ4n) is 1.62. The van der Waals surface area contributed by atoms with Crippen molar-refractivity contribution in [3.8, 4) is 0 Å². The van der Waals surface area contributed by atoms with Gasteiger partial charge in [0.05, 0.1) is 4.90 Å². The van der Waals surface area contributed by atoms with Gasteiger partial charge in [-0.3, -0.25) is 0 Å². The molecule has 0 fully saturated rings. The molecule has 1 aromatic carbocycles. The van der Waals surface area contributed by atoms with Gasteiger partial charge in [-0.15, -0.1) is 0 Å². The van der Waals surface area contributed by atoms with E-state index in [1.165, 1.54) is 18.2 Å². The van der Waals surface area contributed by atoms with Crippen molar-refractivity contribution in [1.29, 1.82) is 0 Å². The Hall–Kier alpha value is 0.263. The van der Waals surface area contributed by atoms with Gasteiger partial charge in [0, 0.05) is 24.9 Å². The molecule has 0 aliphatic rings. The molecule has 1 radical (unpaired) electrons. The van der Waals surface area contributed by atoms with Crippen LogP contribution >= 0.6 is 0 Å². The Morgan fingerprint density at radius 3 is 2.25 bits per heavy atom. The molecule has 0 heterocycles. The van der Waals surface area contributed by atoms with Crippen LogP contribution < -0.4 is 24.0 Å². The third-order valence-corrected chi connectivity index (χ3v) is 4.17. The van der Waals surface area contributed by atoms with E-state index in [4.69, 9.17) is 0 Å². The molecule has 0 spiro atoms. The molecule has 0 saturated carbocycles. The Kier molecular flexibility index (Phi) is 13.4. The van der Waals surface area contributed by atoms with E-state index in [2.05, 4.69) is 13.0 Å². The summed E-state index contributed by atoms with van der Waals surface area (Å²) in [4.78, 5) is 0.342. The van der Waals surface area contributed by atoms with Gasteiger partial charge in [-0.1, -0.05) is 43.9 Å². The van der Waals surface area contributed by atoms with E-state index in [1.54, 1.807) is 12.1 Å². The van der Waals surface area contributed by atoms with Gasteiger partial charge in [-0.25, -0.2) is 8.42 Å². The van der Waals surface area contributed by atoms with Crippen molar-refractivity contribution >= 4 is 9.84 Å². The van der Waals surface area contributed by atoms with Gasteiger partial charge in [0.25, 0.3) is 0 Å². The number of halogens is 1. The number of allylic oxidation sites excluding steroid dienone is 1. The molecule has 109 valence electrons.